The van der Waals surface area contributed by atoms with Crippen LogP contribution >= 0.6 is 47.8 Å². The predicted molar refractivity (Wildman–Crippen MR) is 524 cm³/mol. The number of hydrogen-bond acceptors (Lipinski definition) is 41. The summed E-state index contributed by atoms with van der Waals surface area (Å²) in [4.78, 5) is 158. The highest BCUT2D eigenvalue weighted by atomic mass is 79.9. The minimum absolute atomic E-state index is 0. The van der Waals surface area contributed by atoms with Gasteiger partial charge in [-0.1, -0.05) is 152 Å². The van der Waals surface area contributed by atoms with E-state index in [1.165, 1.54) is 62.3 Å². The van der Waals surface area contributed by atoms with E-state index in [-0.39, 0.29) is 136 Å². The molecule has 0 radical (unpaired) electrons. The summed E-state index contributed by atoms with van der Waals surface area (Å²) in [5.74, 6) is -6.27. The molecule has 7 unspecified atom stereocenters. The number of aliphatic hydroxyl groups excluding tert-OH is 6. The molecule has 0 spiro atoms. The van der Waals surface area contributed by atoms with E-state index in [1.54, 1.807) is 82.6 Å². The molecule has 2 saturated heterocycles. The van der Waals surface area contributed by atoms with Gasteiger partial charge in [-0.15, -0.1) is 6.58 Å². The molecule has 2 heterocycles. The number of carbonyl (C=O) groups excluding carboxylic acids is 14. The fourth-order valence-electron chi connectivity index (χ4n) is 8.63. The molecule has 139 heavy (non-hydrogen) atoms. The minimum atomic E-state index is -1.27. The Bertz CT molecular complexity index is 3540. The molecule has 0 bridgehead atoms. The molecule has 2 aromatic carbocycles. The second-order valence-corrected chi connectivity index (χ2v) is 33.8. The van der Waals surface area contributed by atoms with E-state index in [9.17, 15) is 77.3 Å². The van der Waals surface area contributed by atoms with Gasteiger partial charge < -0.3 is 130 Å². The van der Waals surface area contributed by atoms with Gasteiger partial charge in [0.15, 0.2) is 18.9 Å². The molecule has 0 amide bonds. The van der Waals surface area contributed by atoms with Gasteiger partial charge in [-0.2, -0.15) is 0 Å². The van der Waals surface area contributed by atoms with Crippen LogP contribution in [0.5, 0.6) is 0 Å². The van der Waals surface area contributed by atoms with E-state index in [0.29, 0.717) is 39.3 Å². The normalized spacial score (nSPS) is 14.3. The monoisotopic (exact) mass is 2200 g/mol. The van der Waals surface area contributed by atoms with Gasteiger partial charge in [0.25, 0.3) is 0 Å². The summed E-state index contributed by atoms with van der Waals surface area (Å²) in [7, 11) is 3.11. The van der Waals surface area contributed by atoms with Crippen LogP contribution in [-0.4, -0.2) is 309 Å². The Labute approximate surface area is 847 Å². The maximum atomic E-state index is 12.0. The first kappa shape index (κ1) is 151. The molecule has 41 nitrogen and oxygen atoms in total. The third-order valence-corrected chi connectivity index (χ3v) is 19.0. The number of rotatable bonds is 48. The zero-order valence-electron chi connectivity index (χ0n) is 81.1. The van der Waals surface area contributed by atoms with Crippen molar-refractivity contribution in [2.75, 3.05) is 176 Å². The van der Waals surface area contributed by atoms with Crippen molar-refractivity contribution in [3.8, 4) is 0 Å². The Balaban J connectivity index is -0.000000169. The van der Waals surface area contributed by atoms with Gasteiger partial charge in [-0.25, -0.2) is 9.59 Å². The van der Waals surface area contributed by atoms with Crippen molar-refractivity contribution in [3.05, 3.63) is 84.4 Å². The zero-order chi connectivity index (χ0) is 104. The molecular weight excluding hydrogens is 2040 g/mol. The molecular formula is C95H165Br3O41. The van der Waals surface area contributed by atoms with Crippen LogP contribution in [0.3, 0.4) is 0 Å². The molecule has 2 aliphatic rings. The van der Waals surface area contributed by atoms with Crippen molar-refractivity contribution in [2.24, 2.45) is 43.3 Å². The summed E-state index contributed by atoms with van der Waals surface area (Å²) in [5, 5.41) is 56.8. The van der Waals surface area contributed by atoms with Crippen LogP contribution < -0.4 is 0 Å². The van der Waals surface area contributed by atoms with Gasteiger partial charge in [-0.05, 0) is 134 Å². The molecule has 0 saturated carbocycles. The van der Waals surface area contributed by atoms with Crippen molar-refractivity contribution in [1.29, 1.82) is 0 Å². The molecule has 0 aromatic heterocycles. The lowest BCUT2D eigenvalue weighted by atomic mass is 9.93. The molecule has 812 valence electrons. The quantitative estimate of drug-likeness (QED) is 0.00895. The second kappa shape index (κ2) is 85.0. The summed E-state index contributed by atoms with van der Waals surface area (Å²) in [6.07, 6.45) is 0.381. The lowest BCUT2D eigenvalue weighted by Gasteiger charge is -2.30. The third kappa shape index (κ3) is 68.2. The number of carbonyl (C=O) groups is 14. The van der Waals surface area contributed by atoms with Crippen molar-refractivity contribution in [3.63, 3.8) is 0 Å². The Morgan fingerprint density at radius 2 is 0.619 bits per heavy atom. The fourth-order valence-corrected chi connectivity index (χ4v) is 9.32. The number of aliphatic hydroxyl groups is 6. The van der Waals surface area contributed by atoms with Gasteiger partial charge >= 0.3 is 83.9 Å². The highest BCUT2D eigenvalue weighted by Gasteiger charge is 2.45. The van der Waals surface area contributed by atoms with Crippen LogP contribution in [0.4, 0.5) is 9.59 Å². The Morgan fingerprint density at radius 1 is 0.381 bits per heavy atom. The third-order valence-electron chi connectivity index (χ3n) is 17.4. The van der Waals surface area contributed by atoms with Crippen LogP contribution in [-0.2, 0) is 170 Å². The van der Waals surface area contributed by atoms with Gasteiger partial charge in [0, 0.05) is 77.7 Å². The number of alkyl halides is 3. The van der Waals surface area contributed by atoms with Crippen LogP contribution in [0.25, 0.3) is 0 Å². The lowest BCUT2D eigenvalue weighted by molar-refractivity contribution is -0.194. The number of hydrogen-bond donors (Lipinski definition) is 6. The van der Waals surface area contributed by atoms with Crippen molar-refractivity contribution in [1.82, 2.24) is 0 Å². The molecule has 2 aliphatic heterocycles. The van der Waals surface area contributed by atoms with Gasteiger partial charge in [-0.3, -0.25) is 57.5 Å². The summed E-state index contributed by atoms with van der Waals surface area (Å²) >= 11 is 9.65. The zero-order valence-corrected chi connectivity index (χ0v) is 85.9. The van der Waals surface area contributed by atoms with Crippen molar-refractivity contribution < 1.29 is 197 Å². The van der Waals surface area contributed by atoms with Crippen molar-refractivity contribution in [2.45, 2.75) is 220 Å². The summed E-state index contributed by atoms with van der Waals surface area (Å²) in [6, 6.07) is 18.8. The Kier molecular flexibility index (Phi) is 92.1. The number of cyclic esters (lactones) is 4. The summed E-state index contributed by atoms with van der Waals surface area (Å²) in [5.41, 5.74) is -6.89. The molecule has 7 atom stereocenters. The van der Waals surface area contributed by atoms with E-state index in [2.05, 4.69) is 73.3 Å². The second-order valence-electron chi connectivity index (χ2n) is 31.4. The fraction of sp³-hybridized carbons (Fsp3) is 0.705. The lowest BCUT2D eigenvalue weighted by Crippen LogP contribution is -2.45. The Hall–Kier alpha value is -8.64. The number of halogens is 3. The molecule has 2 aromatic rings. The maximum Gasteiger partial charge on any atom is 0.508 e. The number of esters is 12. The largest absolute Gasteiger partial charge is 0.508 e. The van der Waals surface area contributed by atoms with Crippen LogP contribution in [0.2, 0.25) is 0 Å². The molecule has 0 aliphatic carbocycles. The Morgan fingerprint density at radius 3 is 0.863 bits per heavy atom. The standard InChI is InChI=1S/C14H20O4.C12H16O4.2C11H20O6.2C10H17BrO5.C10H16O6.C9H13BrO5.C3H6.5CH4/c1-14(10-16-2,11-17-3)13(15)18-9-12-7-5-4-6-8-12;1-12(8-13,9-14)11(15)16-7-10-5-3-2-4-6-10;2*1-5-15-9(3)17-10(14)11(4,6-12)7-16-8(2)13;2*1-8(13)16-7-10(2,6-12)9(14)15-5-3-4-11;1-4-13-7(2)16-8(11)10(3)5-14-9(12)15-6-10;1-9(5-14-8(12)15-6-9)7(11)13-4-2-3-10;1-3-2;;;;;/h4-8H,9-11H2,1-3H3;2-6,13-14H,7-9H2,1H3;2*9,12H,5-7H2,1-4H3;2*12H,3-7H2,1-2H3;7H,4-6H2,1-3H3;2-6H2,1H3;3H,1H2,2H3;5*1H4. The van der Waals surface area contributed by atoms with Crippen LogP contribution in [0.15, 0.2) is 73.3 Å². The first-order valence-electron chi connectivity index (χ1n) is 42.3. The minimum Gasteiger partial charge on any atom is -0.465 e. The van der Waals surface area contributed by atoms with Gasteiger partial charge in [0.1, 0.15) is 109 Å². The summed E-state index contributed by atoms with van der Waals surface area (Å²) in [6.45, 7) is 32.3. The van der Waals surface area contributed by atoms with E-state index in [1.807, 2.05) is 67.6 Å². The average molecular weight is 2200 g/mol. The van der Waals surface area contributed by atoms with Gasteiger partial charge in [0.05, 0.1) is 72.7 Å². The topological polar surface area (TPSA) is 554 Å². The molecule has 44 heteroatoms. The average Bonchev–Trinajstić information content (AvgIpc) is 0.834. The number of ether oxygens (including phenoxy) is 21. The highest BCUT2D eigenvalue weighted by Crippen LogP contribution is 2.29. The van der Waals surface area contributed by atoms with Gasteiger partial charge in [0.2, 0.25) is 0 Å². The SMILES string of the molecule is C.C.C.C.C.C=CC.CC(=O)OCC(C)(CO)C(=O)OCCCBr.CC(=O)OCC(C)(CO)C(=O)OCCCBr.CC(CO)(CO)C(=O)OCc1ccccc1.CC1(C(=O)OCCCBr)COC(=O)OC1.CCOC(C)OC(=O)C(C)(CO)COC(C)=O.CCOC(C)OC(=O)C(C)(CO)COC(C)=O.CCOC(C)OC(=O)C1(C)COC(=O)OC1.COCC(C)(COC)C(=O)OCc1ccccc1. The molecule has 6 N–H and O–H groups in total. The predicted octanol–water partition coefficient (Wildman–Crippen LogP) is 12.4. The van der Waals surface area contributed by atoms with E-state index < -0.39 is 180 Å². The van der Waals surface area contributed by atoms with Crippen LogP contribution in [0.1, 0.15) is 199 Å². The first-order chi connectivity index (χ1) is 62.8. The summed E-state index contributed by atoms with van der Waals surface area (Å²) < 4.78 is 103. The number of methoxy groups -OCH3 is 2. The van der Waals surface area contributed by atoms with E-state index >= 15 is 0 Å². The molecule has 4 rings (SSSR count). The highest BCUT2D eigenvalue weighted by molar-refractivity contribution is 9.09. The maximum absolute atomic E-state index is 12.0. The number of benzene rings is 2. The van der Waals surface area contributed by atoms with E-state index in [4.69, 9.17) is 101 Å². The first-order valence-corrected chi connectivity index (χ1v) is 45.6. The smallest absolute Gasteiger partial charge is 0.465 e. The van der Waals surface area contributed by atoms with Crippen molar-refractivity contribution >= 4 is 132 Å². The number of allylic oxidation sites excluding steroid dienone is 1. The van der Waals surface area contributed by atoms with E-state index in [0.717, 1.165) is 33.5 Å². The molecule has 2 fully saturated rings. The van der Waals surface area contributed by atoms with Crippen LogP contribution in [0, 0.1) is 43.3 Å².